The van der Waals surface area contributed by atoms with E-state index in [4.69, 9.17) is 12.2 Å². The molecular weight excluding hydrogens is 236 g/mol. The number of nitro groups is 1. The van der Waals surface area contributed by atoms with Crippen molar-refractivity contribution in [1.29, 1.82) is 0 Å². The minimum atomic E-state index is -0.878. The summed E-state index contributed by atoms with van der Waals surface area (Å²) in [6, 6.07) is 0.320. The fraction of sp³-hybridized carbons (Fsp3) is 0.917. The lowest BCUT2D eigenvalue weighted by Gasteiger charge is -2.36. The van der Waals surface area contributed by atoms with Crippen molar-refractivity contribution in [3.63, 3.8) is 0 Å². The molecule has 17 heavy (non-hydrogen) atoms. The van der Waals surface area contributed by atoms with Crippen LogP contribution in [0.4, 0.5) is 0 Å². The van der Waals surface area contributed by atoms with Crippen LogP contribution in [0, 0.1) is 16.0 Å². The molecule has 1 aliphatic rings. The Bertz CT molecular complexity index is 305. The maximum Gasteiger partial charge on any atom is 0.220 e. The Labute approximate surface area is 108 Å². The van der Waals surface area contributed by atoms with E-state index in [9.17, 15) is 10.1 Å². The van der Waals surface area contributed by atoms with Gasteiger partial charge in [0.2, 0.25) is 5.54 Å². The Balaban J connectivity index is 2.68. The SMILES string of the molecule is CCCC[C@H]1C[C@H](C(C)(C)[N+](=O)[O-])CC(=S)N1. The number of unbranched alkanes of at least 4 members (excludes halogenated alkanes) is 1. The molecule has 0 aromatic carbocycles. The second-order valence-corrected chi connectivity index (χ2v) is 5.95. The van der Waals surface area contributed by atoms with Gasteiger partial charge in [-0.2, -0.15) is 0 Å². The molecule has 98 valence electrons. The van der Waals surface area contributed by atoms with Gasteiger partial charge in [0.25, 0.3) is 0 Å². The molecule has 1 fully saturated rings. The largest absolute Gasteiger partial charge is 0.377 e. The minimum Gasteiger partial charge on any atom is -0.377 e. The summed E-state index contributed by atoms with van der Waals surface area (Å²) in [7, 11) is 0. The average Bonchev–Trinajstić information content (AvgIpc) is 2.25. The van der Waals surface area contributed by atoms with Crippen molar-refractivity contribution in [2.24, 2.45) is 5.92 Å². The third-order valence-corrected chi connectivity index (χ3v) is 4.03. The van der Waals surface area contributed by atoms with E-state index in [1.165, 1.54) is 0 Å². The Hall–Kier alpha value is -0.710. The zero-order valence-corrected chi connectivity index (χ0v) is 11.7. The highest BCUT2D eigenvalue weighted by Crippen LogP contribution is 2.32. The van der Waals surface area contributed by atoms with E-state index in [-0.39, 0.29) is 10.8 Å². The van der Waals surface area contributed by atoms with Crippen LogP contribution in [0.5, 0.6) is 0 Å². The van der Waals surface area contributed by atoms with Crippen LogP contribution in [-0.2, 0) is 0 Å². The monoisotopic (exact) mass is 258 g/mol. The minimum absolute atomic E-state index is 0.0492. The van der Waals surface area contributed by atoms with Gasteiger partial charge in [-0.15, -0.1) is 0 Å². The Morgan fingerprint density at radius 3 is 2.76 bits per heavy atom. The van der Waals surface area contributed by atoms with Crippen LogP contribution < -0.4 is 5.32 Å². The number of nitrogens with one attached hydrogen (secondary N) is 1. The van der Waals surface area contributed by atoms with Gasteiger partial charge in [-0.3, -0.25) is 10.1 Å². The van der Waals surface area contributed by atoms with Gasteiger partial charge in [0.1, 0.15) is 0 Å². The summed E-state index contributed by atoms with van der Waals surface area (Å²) in [5.74, 6) is 0.0492. The Kier molecular flexibility index (Phi) is 4.86. The first-order chi connectivity index (χ1) is 7.87. The number of piperidine rings is 1. The molecule has 1 rings (SSSR count). The summed E-state index contributed by atoms with van der Waals surface area (Å²) < 4.78 is 0. The van der Waals surface area contributed by atoms with Gasteiger partial charge in [0.05, 0.1) is 4.99 Å². The summed E-state index contributed by atoms with van der Waals surface area (Å²) in [5.41, 5.74) is -0.878. The quantitative estimate of drug-likeness (QED) is 0.468. The molecule has 4 nitrogen and oxygen atoms in total. The average molecular weight is 258 g/mol. The topological polar surface area (TPSA) is 55.2 Å². The molecule has 0 unspecified atom stereocenters. The molecule has 0 amide bonds. The Morgan fingerprint density at radius 1 is 1.59 bits per heavy atom. The van der Waals surface area contributed by atoms with Crippen molar-refractivity contribution in [3.05, 3.63) is 10.1 Å². The summed E-state index contributed by atoms with van der Waals surface area (Å²) in [6.07, 6.45) is 4.85. The molecule has 0 bridgehead atoms. The summed E-state index contributed by atoms with van der Waals surface area (Å²) >= 11 is 5.23. The lowest BCUT2D eigenvalue weighted by Crippen LogP contribution is -2.50. The van der Waals surface area contributed by atoms with Gasteiger partial charge in [-0.05, 0) is 12.8 Å². The predicted octanol–water partition coefficient (Wildman–Crippen LogP) is 2.93. The molecule has 1 heterocycles. The summed E-state index contributed by atoms with van der Waals surface area (Å²) in [6.45, 7) is 5.57. The second-order valence-electron chi connectivity index (χ2n) is 5.45. The van der Waals surface area contributed by atoms with Crippen LogP contribution in [0.15, 0.2) is 0 Å². The zero-order valence-electron chi connectivity index (χ0n) is 10.9. The first-order valence-corrected chi connectivity index (χ1v) is 6.72. The van der Waals surface area contributed by atoms with Crippen molar-refractivity contribution in [2.75, 3.05) is 0 Å². The molecule has 2 atom stereocenters. The molecule has 0 aliphatic carbocycles. The van der Waals surface area contributed by atoms with Crippen molar-refractivity contribution in [1.82, 2.24) is 5.32 Å². The normalized spacial score (nSPS) is 25.5. The maximum atomic E-state index is 11.1. The first-order valence-electron chi connectivity index (χ1n) is 6.31. The fourth-order valence-electron chi connectivity index (χ4n) is 2.32. The van der Waals surface area contributed by atoms with E-state index < -0.39 is 5.54 Å². The van der Waals surface area contributed by atoms with Gasteiger partial charge in [-0.1, -0.05) is 32.0 Å². The molecule has 1 saturated heterocycles. The van der Waals surface area contributed by atoms with E-state index in [2.05, 4.69) is 12.2 Å². The molecule has 1 N–H and O–H groups in total. The number of hydrogen-bond acceptors (Lipinski definition) is 3. The Morgan fingerprint density at radius 2 is 2.24 bits per heavy atom. The maximum absolute atomic E-state index is 11.1. The highest BCUT2D eigenvalue weighted by atomic mass is 32.1. The van der Waals surface area contributed by atoms with E-state index in [0.717, 1.165) is 30.7 Å². The molecule has 0 aromatic heterocycles. The van der Waals surface area contributed by atoms with Crippen LogP contribution in [0.1, 0.15) is 52.9 Å². The zero-order chi connectivity index (χ0) is 13.1. The van der Waals surface area contributed by atoms with Crippen LogP contribution in [0.2, 0.25) is 0 Å². The van der Waals surface area contributed by atoms with Gasteiger partial charge < -0.3 is 5.32 Å². The van der Waals surface area contributed by atoms with Gasteiger partial charge in [-0.25, -0.2) is 0 Å². The summed E-state index contributed by atoms with van der Waals surface area (Å²) in [5, 5.41) is 14.4. The molecule has 0 aromatic rings. The third kappa shape index (κ3) is 3.63. The van der Waals surface area contributed by atoms with E-state index in [1.807, 2.05) is 0 Å². The van der Waals surface area contributed by atoms with Crippen molar-refractivity contribution < 1.29 is 4.92 Å². The molecule has 0 spiro atoms. The predicted molar refractivity (Wildman–Crippen MR) is 72.8 cm³/mol. The first kappa shape index (κ1) is 14.4. The van der Waals surface area contributed by atoms with Crippen LogP contribution >= 0.6 is 12.2 Å². The third-order valence-electron chi connectivity index (χ3n) is 3.74. The standard InChI is InChI=1S/C12H22N2O2S/c1-4-5-6-10-7-9(8-11(17)13-10)12(2,3)14(15)16/h9-10H,4-8H2,1-3H3,(H,13,17)/t9-,10-/m0/s1. The summed E-state index contributed by atoms with van der Waals surface area (Å²) in [4.78, 5) is 11.7. The van der Waals surface area contributed by atoms with Crippen molar-refractivity contribution in [3.8, 4) is 0 Å². The van der Waals surface area contributed by atoms with E-state index in [1.54, 1.807) is 13.8 Å². The lowest BCUT2D eigenvalue weighted by atomic mass is 9.78. The van der Waals surface area contributed by atoms with Crippen LogP contribution in [0.25, 0.3) is 0 Å². The second kappa shape index (κ2) is 5.76. The lowest BCUT2D eigenvalue weighted by molar-refractivity contribution is -0.571. The van der Waals surface area contributed by atoms with Crippen LogP contribution in [0.3, 0.4) is 0 Å². The van der Waals surface area contributed by atoms with Crippen LogP contribution in [-0.4, -0.2) is 21.5 Å². The molecular formula is C12H22N2O2S. The van der Waals surface area contributed by atoms with Crippen molar-refractivity contribution in [2.45, 2.75) is 64.5 Å². The van der Waals surface area contributed by atoms with E-state index >= 15 is 0 Å². The smallest absolute Gasteiger partial charge is 0.220 e. The number of rotatable bonds is 5. The fourth-order valence-corrected chi connectivity index (χ4v) is 2.69. The van der Waals surface area contributed by atoms with Gasteiger partial charge in [0, 0.05) is 37.2 Å². The van der Waals surface area contributed by atoms with Crippen molar-refractivity contribution >= 4 is 17.2 Å². The molecule has 0 radical (unpaired) electrons. The number of hydrogen-bond donors (Lipinski definition) is 1. The van der Waals surface area contributed by atoms with Gasteiger partial charge >= 0.3 is 0 Å². The molecule has 1 aliphatic heterocycles. The van der Waals surface area contributed by atoms with E-state index in [0.29, 0.717) is 12.5 Å². The molecule has 5 heteroatoms. The number of nitrogens with zero attached hydrogens (tertiary/aromatic N) is 1. The highest BCUT2D eigenvalue weighted by Gasteiger charge is 2.44. The molecule has 0 saturated carbocycles. The highest BCUT2D eigenvalue weighted by molar-refractivity contribution is 7.80. The number of thiocarbonyl (C=S) groups is 1. The van der Waals surface area contributed by atoms with Gasteiger partial charge in [0.15, 0.2) is 0 Å².